The summed E-state index contributed by atoms with van der Waals surface area (Å²) in [4.78, 5) is 13.3. The molecule has 2 aromatic rings. The smallest absolute Gasteiger partial charge is 0.219 e. The van der Waals surface area contributed by atoms with E-state index in [-0.39, 0.29) is 18.3 Å². The lowest BCUT2D eigenvalue weighted by Crippen LogP contribution is -2.28. The largest absolute Gasteiger partial charge is 0.381 e. The lowest BCUT2D eigenvalue weighted by molar-refractivity contribution is -0.129. The molecular formula is C19H20FN3O. The van der Waals surface area contributed by atoms with Crippen LogP contribution >= 0.6 is 0 Å². The van der Waals surface area contributed by atoms with Crippen molar-refractivity contribution in [3.8, 4) is 6.07 Å². The Morgan fingerprint density at radius 2 is 2.00 bits per heavy atom. The van der Waals surface area contributed by atoms with Gasteiger partial charge in [-0.2, -0.15) is 5.26 Å². The zero-order chi connectivity index (χ0) is 17.5. The Morgan fingerprint density at radius 1 is 1.25 bits per heavy atom. The van der Waals surface area contributed by atoms with Crippen molar-refractivity contribution in [2.75, 3.05) is 11.9 Å². The number of carbonyl (C=O) groups is 1. The molecule has 0 aliphatic rings. The van der Waals surface area contributed by atoms with Gasteiger partial charge in [0, 0.05) is 37.8 Å². The Kier molecular flexibility index (Phi) is 5.91. The van der Waals surface area contributed by atoms with Gasteiger partial charge in [0.1, 0.15) is 5.82 Å². The molecule has 0 unspecified atom stereocenters. The fourth-order valence-corrected chi connectivity index (χ4v) is 2.45. The highest BCUT2D eigenvalue weighted by molar-refractivity contribution is 5.73. The molecule has 0 bridgehead atoms. The number of amides is 1. The first-order valence-corrected chi connectivity index (χ1v) is 7.81. The number of para-hydroxylation sites is 1. The number of halogens is 1. The Bertz CT molecular complexity index is 767. The third-order valence-corrected chi connectivity index (χ3v) is 3.85. The molecule has 1 amide bonds. The quantitative estimate of drug-likeness (QED) is 0.881. The van der Waals surface area contributed by atoms with E-state index in [0.717, 1.165) is 11.3 Å². The molecule has 2 rings (SSSR count). The van der Waals surface area contributed by atoms with Crippen molar-refractivity contribution >= 4 is 11.6 Å². The summed E-state index contributed by atoms with van der Waals surface area (Å²) in [7, 11) is 0. The van der Waals surface area contributed by atoms with Gasteiger partial charge in [-0.05, 0) is 36.8 Å². The summed E-state index contributed by atoms with van der Waals surface area (Å²) in [6.07, 6.45) is 0. The third kappa shape index (κ3) is 4.32. The van der Waals surface area contributed by atoms with Crippen LogP contribution in [0.15, 0.2) is 42.5 Å². The number of benzene rings is 2. The van der Waals surface area contributed by atoms with E-state index < -0.39 is 0 Å². The molecule has 0 aromatic heterocycles. The Morgan fingerprint density at radius 3 is 2.67 bits per heavy atom. The van der Waals surface area contributed by atoms with Gasteiger partial charge in [-0.3, -0.25) is 4.79 Å². The number of nitrogens with zero attached hydrogens (tertiary/aromatic N) is 2. The first-order valence-electron chi connectivity index (χ1n) is 7.81. The molecular weight excluding hydrogens is 305 g/mol. The molecule has 24 heavy (non-hydrogen) atoms. The van der Waals surface area contributed by atoms with Crippen molar-refractivity contribution < 1.29 is 9.18 Å². The highest BCUT2D eigenvalue weighted by atomic mass is 19.1. The molecule has 0 aliphatic heterocycles. The average molecular weight is 325 g/mol. The van der Waals surface area contributed by atoms with Crippen LogP contribution in [0.25, 0.3) is 0 Å². The standard InChI is InChI=1S/C19H20FN3O/c1-3-23(14(2)24)13-16-6-4-5-7-19(16)22-12-17-10-15(11-21)8-9-18(17)20/h4-10,22H,3,12-13H2,1-2H3. The minimum absolute atomic E-state index is 0.0140. The van der Waals surface area contributed by atoms with Crippen LogP contribution in [0.5, 0.6) is 0 Å². The molecule has 2 aromatic carbocycles. The maximum absolute atomic E-state index is 13.9. The van der Waals surface area contributed by atoms with Gasteiger partial charge in [0.2, 0.25) is 5.91 Å². The summed E-state index contributed by atoms with van der Waals surface area (Å²) < 4.78 is 13.9. The molecule has 124 valence electrons. The van der Waals surface area contributed by atoms with Crippen LogP contribution in [0.1, 0.15) is 30.5 Å². The van der Waals surface area contributed by atoms with Crippen molar-refractivity contribution in [2.24, 2.45) is 0 Å². The highest BCUT2D eigenvalue weighted by Gasteiger charge is 2.10. The van der Waals surface area contributed by atoms with Crippen LogP contribution in [0.3, 0.4) is 0 Å². The van der Waals surface area contributed by atoms with Crippen LogP contribution in [0, 0.1) is 17.1 Å². The van der Waals surface area contributed by atoms with Gasteiger partial charge in [-0.15, -0.1) is 0 Å². The fraction of sp³-hybridized carbons (Fsp3) is 0.263. The van der Waals surface area contributed by atoms with E-state index in [2.05, 4.69) is 5.32 Å². The topological polar surface area (TPSA) is 56.1 Å². The predicted molar refractivity (Wildman–Crippen MR) is 91.6 cm³/mol. The molecule has 0 fully saturated rings. The van der Waals surface area contributed by atoms with Crippen molar-refractivity contribution in [3.05, 3.63) is 65.0 Å². The number of anilines is 1. The van der Waals surface area contributed by atoms with Crippen LogP contribution in [0.4, 0.5) is 10.1 Å². The van der Waals surface area contributed by atoms with Gasteiger partial charge in [-0.1, -0.05) is 18.2 Å². The average Bonchev–Trinajstić information content (AvgIpc) is 2.59. The summed E-state index contributed by atoms with van der Waals surface area (Å²) in [5, 5.41) is 12.1. The van der Waals surface area contributed by atoms with Crippen molar-refractivity contribution in [2.45, 2.75) is 26.9 Å². The summed E-state index contributed by atoms with van der Waals surface area (Å²) in [6.45, 7) is 4.87. The van der Waals surface area contributed by atoms with E-state index in [0.29, 0.717) is 24.2 Å². The molecule has 0 aliphatic carbocycles. The van der Waals surface area contributed by atoms with Gasteiger partial charge in [0.05, 0.1) is 11.6 Å². The van der Waals surface area contributed by atoms with Gasteiger partial charge < -0.3 is 10.2 Å². The minimum Gasteiger partial charge on any atom is -0.381 e. The maximum atomic E-state index is 13.9. The van der Waals surface area contributed by atoms with Gasteiger partial charge in [0.25, 0.3) is 0 Å². The summed E-state index contributed by atoms with van der Waals surface area (Å²) in [5.41, 5.74) is 2.67. The number of nitrogens with one attached hydrogen (secondary N) is 1. The van der Waals surface area contributed by atoms with Crippen LogP contribution in [-0.4, -0.2) is 17.4 Å². The molecule has 0 spiro atoms. The molecule has 5 heteroatoms. The van der Waals surface area contributed by atoms with Crippen molar-refractivity contribution in [3.63, 3.8) is 0 Å². The predicted octanol–water partition coefficient (Wildman–Crippen LogP) is 3.68. The lowest BCUT2D eigenvalue weighted by Gasteiger charge is -2.21. The minimum atomic E-state index is -0.349. The van der Waals surface area contributed by atoms with E-state index in [9.17, 15) is 9.18 Å². The second-order valence-corrected chi connectivity index (χ2v) is 5.46. The molecule has 0 heterocycles. The van der Waals surface area contributed by atoms with E-state index >= 15 is 0 Å². The second kappa shape index (κ2) is 8.11. The van der Waals surface area contributed by atoms with Crippen LogP contribution in [0.2, 0.25) is 0 Å². The molecule has 0 radical (unpaired) electrons. The van der Waals surface area contributed by atoms with E-state index in [4.69, 9.17) is 5.26 Å². The number of hydrogen-bond acceptors (Lipinski definition) is 3. The van der Waals surface area contributed by atoms with Gasteiger partial charge in [0.15, 0.2) is 0 Å². The van der Waals surface area contributed by atoms with E-state index in [1.165, 1.54) is 12.1 Å². The first-order chi connectivity index (χ1) is 11.5. The SMILES string of the molecule is CCN(Cc1ccccc1NCc1cc(C#N)ccc1F)C(C)=O. The Labute approximate surface area is 141 Å². The summed E-state index contributed by atoms with van der Waals surface area (Å²) in [6, 6.07) is 13.9. The number of hydrogen-bond donors (Lipinski definition) is 1. The second-order valence-electron chi connectivity index (χ2n) is 5.46. The molecule has 0 saturated carbocycles. The van der Waals surface area contributed by atoms with Gasteiger partial charge in [-0.25, -0.2) is 4.39 Å². The zero-order valence-electron chi connectivity index (χ0n) is 13.8. The fourth-order valence-electron chi connectivity index (χ4n) is 2.45. The summed E-state index contributed by atoms with van der Waals surface area (Å²) >= 11 is 0. The summed E-state index contributed by atoms with van der Waals surface area (Å²) in [5.74, 6) is -0.335. The third-order valence-electron chi connectivity index (χ3n) is 3.85. The molecule has 4 nitrogen and oxygen atoms in total. The zero-order valence-corrected chi connectivity index (χ0v) is 13.8. The van der Waals surface area contributed by atoms with Crippen LogP contribution < -0.4 is 5.32 Å². The number of carbonyl (C=O) groups excluding carboxylic acids is 1. The van der Waals surface area contributed by atoms with Gasteiger partial charge >= 0.3 is 0 Å². The number of rotatable bonds is 6. The monoisotopic (exact) mass is 325 g/mol. The molecule has 0 saturated heterocycles. The maximum Gasteiger partial charge on any atom is 0.219 e. The van der Waals surface area contributed by atoms with Crippen molar-refractivity contribution in [1.29, 1.82) is 5.26 Å². The number of nitriles is 1. The molecule has 1 N–H and O–H groups in total. The lowest BCUT2D eigenvalue weighted by atomic mass is 10.1. The van der Waals surface area contributed by atoms with E-state index in [1.54, 1.807) is 17.9 Å². The van der Waals surface area contributed by atoms with Crippen molar-refractivity contribution in [1.82, 2.24) is 4.90 Å². The molecule has 0 atom stereocenters. The Hall–Kier alpha value is -2.87. The normalized spacial score (nSPS) is 10.1. The highest BCUT2D eigenvalue weighted by Crippen LogP contribution is 2.19. The Balaban J connectivity index is 2.16. The van der Waals surface area contributed by atoms with Crippen LogP contribution in [-0.2, 0) is 17.9 Å². The van der Waals surface area contributed by atoms with E-state index in [1.807, 2.05) is 37.3 Å². The first kappa shape index (κ1) is 17.5.